The van der Waals surface area contributed by atoms with Gasteiger partial charge >= 0.3 is 5.97 Å². The number of rotatable bonds is 7. The Hall–Kier alpha value is -0.940. The van der Waals surface area contributed by atoms with E-state index in [0.29, 0.717) is 13.0 Å². The first-order chi connectivity index (χ1) is 8.13. The van der Waals surface area contributed by atoms with E-state index in [2.05, 4.69) is 17.2 Å². The van der Waals surface area contributed by atoms with Crippen LogP contribution in [0.2, 0.25) is 0 Å². The number of aryl methyl sites for hydroxylation is 2. The lowest BCUT2D eigenvalue weighted by Gasteiger charge is -2.02. The molecule has 0 saturated carbocycles. The van der Waals surface area contributed by atoms with Gasteiger partial charge in [-0.05, 0) is 33.7 Å². The van der Waals surface area contributed by atoms with Gasteiger partial charge in [-0.3, -0.25) is 4.79 Å². The van der Waals surface area contributed by atoms with Crippen molar-refractivity contribution >= 4 is 17.3 Å². The molecule has 1 aromatic heterocycles. The van der Waals surface area contributed by atoms with Crippen LogP contribution in [0, 0.1) is 13.8 Å². The zero-order chi connectivity index (χ0) is 12.7. The lowest BCUT2D eigenvalue weighted by molar-refractivity contribution is -0.143. The molecule has 0 amide bonds. The van der Waals surface area contributed by atoms with Crippen LogP contribution in [-0.4, -0.2) is 24.1 Å². The Labute approximate surface area is 106 Å². The summed E-state index contributed by atoms with van der Waals surface area (Å²) < 4.78 is 4.85. The van der Waals surface area contributed by atoms with Crippen LogP contribution in [0.3, 0.4) is 0 Å². The number of aromatic nitrogens is 1. The van der Waals surface area contributed by atoms with Crippen molar-refractivity contribution in [2.24, 2.45) is 0 Å². The van der Waals surface area contributed by atoms with E-state index in [-0.39, 0.29) is 5.97 Å². The fourth-order valence-corrected chi connectivity index (χ4v) is 2.30. The Morgan fingerprint density at radius 1 is 1.47 bits per heavy atom. The monoisotopic (exact) mass is 256 g/mol. The summed E-state index contributed by atoms with van der Waals surface area (Å²) in [6.45, 7) is 7.99. The van der Waals surface area contributed by atoms with Crippen LogP contribution in [0.25, 0.3) is 0 Å². The molecule has 96 valence electrons. The van der Waals surface area contributed by atoms with Crippen molar-refractivity contribution in [3.63, 3.8) is 0 Å². The molecule has 0 unspecified atom stereocenters. The van der Waals surface area contributed by atoms with Gasteiger partial charge in [0.2, 0.25) is 0 Å². The molecular weight excluding hydrogens is 236 g/mol. The first kappa shape index (κ1) is 14.1. The number of carbonyl (C=O) groups excluding carboxylic acids is 1. The van der Waals surface area contributed by atoms with Crippen LogP contribution in [0.4, 0.5) is 0 Å². The molecule has 1 heterocycles. The van der Waals surface area contributed by atoms with Gasteiger partial charge < -0.3 is 10.1 Å². The summed E-state index contributed by atoms with van der Waals surface area (Å²) in [5.74, 6) is -0.116. The first-order valence-electron chi connectivity index (χ1n) is 5.92. The van der Waals surface area contributed by atoms with Crippen LogP contribution in [0.15, 0.2) is 0 Å². The fraction of sp³-hybridized carbons (Fsp3) is 0.667. The summed E-state index contributed by atoms with van der Waals surface area (Å²) >= 11 is 1.72. The van der Waals surface area contributed by atoms with Crippen LogP contribution < -0.4 is 5.32 Å². The minimum absolute atomic E-state index is 0.116. The average molecular weight is 256 g/mol. The highest BCUT2D eigenvalue weighted by Crippen LogP contribution is 2.15. The number of hydrogen-bond acceptors (Lipinski definition) is 5. The summed E-state index contributed by atoms with van der Waals surface area (Å²) in [7, 11) is 0. The van der Waals surface area contributed by atoms with Crippen molar-refractivity contribution in [1.29, 1.82) is 0 Å². The second kappa shape index (κ2) is 7.40. The third-order valence-corrected chi connectivity index (χ3v) is 3.46. The molecule has 0 atom stereocenters. The molecule has 4 nitrogen and oxygen atoms in total. The Bertz CT molecular complexity index is 344. The normalized spacial score (nSPS) is 10.5. The lowest BCUT2D eigenvalue weighted by Crippen LogP contribution is -2.16. The Morgan fingerprint density at radius 2 is 2.24 bits per heavy atom. The lowest BCUT2D eigenvalue weighted by atomic mass is 10.3. The molecule has 0 spiro atoms. The van der Waals surface area contributed by atoms with Gasteiger partial charge in [-0.25, -0.2) is 4.98 Å². The van der Waals surface area contributed by atoms with Crippen molar-refractivity contribution in [1.82, 2.24) is 10.3 Å². The molecule has 0 bridgehead atoms. The quantitative estimate of drug-likeness (QED) is 0.600. The number of nitrogens with zero attached hydrogens (tertiary/aromatic N) is 1. The highest BCUT2D eigenvalue weighted by Gasteiger charge is 2.03. The van der Waals surface area contributed by atoms with Gasteiger partial charge in [0, 0.05) is 17.8 Å². The van der Waals surface area contributed by atoms with Crippen LogP contribution >= 0.6 is 11.3 Å². The van der Waals surface area contributed by atoms with Gasteiger partial charge in [-0.15, -0.1) is 11.3 Å². The van der Waals surface area contributed by atoms with E-state index in [1.807, 2.05) is 13.8 Å². The fourth-order valence-electron chi connectivity index (χ4n) is 1.40. The zero-order valence-corrected chi connectivity index (χ0v) is 11.5. The molecular formula is C12H20N2O2S. The maximum Gasteiger partial charge on any atom is 0.305 e. The number of nitrogens with one attached hydrogen (secondary N) is 1. The second-order valence-electron chi connectivity index (χ2n) is 3.83. The van der Waals surface area contributed by atoms with Gasteiger partial charge in [0.15, 0.2) is 0 Å². The summed E-state index contributed by atoms with van der Waals surface area (Å²) in [4.78, 5) is 16.8. The molecule has 5 heteroatoms. The highest BCUT2D eigenvalue weighted by molar-refractivity contribution is 7.11. The standard InChI is InChI=1S/C12H20N2O2S/c1-4-16-12(15)6-5-7-13-8-11-14-9(2)10(3)17-11/h13H,4-8H2,1-3H3. The Morgan fingerprint density at radius 3 is 2.82 bits per heavy atom. The van der Waals surface area contributed by atoms with Crippen LogP contribution in [0.5, 0.6) is 0 Å². The number of ether oxygens (including phenoxy) is 1. The zero-order valence-electron chi connectivity index (χ0n) is 10.7. The van der Waals surface area contributed by atoms with E-state index in [0.717, 1.165) is 30.2 Å². The van der Waals surface area contributed by atoms with E-state index in [4.69, 9.17) is 4.74 Å². The maximum atomic E-state index is 11.1. The molecule has 17 heavy (non-hydrogen) atoms. The summed E-state index contributed by atoms with van der Waals surface area (Å²) in [6.07, 6.45) is 1.29. The SMILES string of the molecule is CCOC(=O)CCCNCc1nc(C)c(C)s1. The molecule has 1 N–H and O–H groups in total. The van der Waals surface area contributed by atoms with E-state index < -0.39 is 0 Å². The van der Waals surface area contributed by atoms with E-state index in [1.165, 1.54) is 4.88 Å². The number of thiazole rings is 1. The summed E-state index contributed by atoms with van der Waals surface area (Å²) in [5, 5.41) is 4.39. The van der Waals surface area contributed by atoms with E-state index in [1.54, 1.807) is 11.3 Å². The van der Waals surface area contributed by atoms with E-state index in [9.17, 15) is 4.79 Å². The van der Waals surface area contributed by atoms with Crippen LogP contribution in [-0.2, 0) is 16.1 Å². The topological polar surface area (TPSA) is 51.2 Å². The molecule has 1 rings (SSSR count). The van der Waals surface area contributed by atoms with Crippen molar-refractivity contribution in [3.8, 4) is 0 Å². The molecule has 0 saturated heterocycles. The minimum Gasteiger partial charge on any atom is -0.466 e. The van der Waals surface area contributed by atoms with Crippen molar-refractivity contribution in [2.45, 2.75) is 40.2 Å². The summed E-state index contributed by atoms with van der Waals surface area (Å²) in [5.41, 5.74) is 1.11. The predicted molar refractivity (Wildman–Crippen MR) is 69.2 cm³/mol. The van der Waals surface area contributed by atoms with Gasteiger partial charge in [-0.2, -0.15) is 0 Å². The van der Waals surface area contributed by atoms with Crippen molar-refractivity contribution in [3.05, 3.63) is 15.6 Å². The smallest absolute Gasteiger partial charge is 0.305 e. The number of hydrogen-bond donors (Lipinski definition) is 1. The van der Waals surface area contributed by atoms with Crippen molar-refractivity contribution < 1.29 is 9.53 Å². The minimum atomic E-state index is -0.116. The molecule has 0 aliphatic heterocycles. The van der Waals surface area contributed by atoms with Crippen LogP contribution in [0.1, 0.15) is 35.3 Å². The highest BCUT2D eigenvalue weighted by atomic mass is 32.1. The predicted octanol–water partition coefficient (Wildman–Crippen LogP) is 2.19. The van der Waals surface area contributed by atoms with Crippen molar-refractivity contribution in [2.75, 3.05) is 13.2 Å². The molecule has 1 aromatic rings. The number of esters is 1. The average Bonchev–Trinajstić information content (AvgIpc) is 2.58. The molecule has 0 aliphatic rings. The third kappa shape index (κ3) is 5.28. The maximum absolute atomic E-state index is 11.1. The largest absolute Gasteiger partial charge is 0.466 e. The van der Waals surface area contributed by atoms with Gasteiger partial charge in [0.05, 0.1) is 12.3 Å². The van der Waals surface area contributed by atoms with Gasteiger partial charge in [-0.1, -0.05) is 0 Å². The van der Waals surface area contributed by atoms with Gasteiger partial charge in [0.1, 0.15) is 5.01 Å². The molecule has 0 radical (unpaired) electrons. The third-order valence-electron chi connectivity index (χ3n) is 2.39. The molecule has 0 fully saturated rings. The summed E-state index contributed by atoms with van der Waals surface area (Å²) in [6, 6.07) is 0. The second-order valence-corrected chi connectivity index (χ2v) is 5.12. The Balaban J connectivity index is 2.10. The van der Waals surface area contributed by atoms with E-state index >= 15 is 0 Å². The molecule has 0 aliphatic carbocycles. The van der Waals surface area contributed by atoms with Gasteiger partial charge in [0.25, 0.3) is 0 Å². The number of carbonyl (C=O) groups is 1. The first-order valence-corrected chi connectivity index (χ1v) is 6.74. The Kier molecular flexibility index (Phi) is 6.15. The molecule has 0 aromatic carbocycles.